The fraction of sp³-hybridized carbons (Fsp3) is 0.200. The Balaban J connectivity index is 1.84. The molecule has 0 saturated carbocycles. The summed E-state index contributed by atoms with van der Waals surface area (Å²) in [4.78, 5) is 27.4. The van der Waals surface area contributed by atoms with Gasteiger partial charge >= 0.3 is 0 Å². The molecule has 164 valence electrons. The lowest BCUT2D eigenvalue weighted by molar-refractivity contribution is -0.132. The molecule has 0 spiro atoms. The summed E-state index contributed by atoms with van der Waals surface area (Å²) >= 11 is 6.12. The number of aliphatic hydroxyl groups is 1. The van der Waals surface area contributed by atoms with E-state index in [4.69, 9.17) is 20.8 Å². The topological polar surface area (TPSA) is 80.0 Å². The van der Waals surface area contributed by atoms with Crippen molar-refractivity contribution in [2.24, 2.45) is 0 Å². The number of hydrogen-bond acceptors (Lipinski definition) is 5. The minimum atomic E-state index is -0.931. The maximum Gasteiger partial charge on any atom is 0.300 e. The molecule has 2 aromatic carbocycles. The molecule has 1 aliphatic heterocycles. The fourth-order valence-electron chi connectivity index (χ4n) is 3.77. The molecule has 0 aliphatic carbocycles. The molecule has 0 radical (unpaired) electrons. The Labute approximate surface area is 190 Å². The number of Topliss-reactive ketones (excluding diaryl/α,β-unsaturated/α-hetero) is 1. The van der Waals surface area contributed by atoms with E-state index in [0.717, 1.165) is 12.0 Å². The molecule has 1 aromatic heterocycles. The van der Waals surface area contributed by atoms with Crippen molar-refractivity contribution in [1.29, 1.82) is 0 Å². The van der Waals surface area contributed by atoms with E-state index in [1.807, 2.05) is 13.8 Å². The lowest BCUT2D eigenvalue weighted by Crippen LogP contribution is -2.29. The van der Waals surface area contributed by atoms with Crippen molar-refractivity contribution in [3.05, 3.63) is 88.3 Å². The quantitative estimate of drug-likeness (QED) is 0.297. The summed E-state index contributed by atoms with van der Waals surface area (Å²) in [5, 5.41) is 11.6. The van der Waals surface area contributed by atoms with Gasteiger partial charge in [-0.15, -0.1) is 0 Å². The summed E-state index contributed by atoms with van der Waals surface area (Å²) in [7, 11) is 0. The van der Waals surface area contributed by atoms with Gasteiger partial charge in [0.1, 0.15) is 23.3 Å². The number of ketones is 1. The second-order valence-corrected chi connectivity index (χ2v) is 7.93. The van der Waals surface area contributed by atoms with Crippen LogP contribution in [0.15, 0.2) is 70.9 Å². The Morgan fingerprint density at radius 3 is 2.62 bits per heavy atom. The summed E-state index contributed by atoms with van der Waals surface area (Å²) in [6.07, 6.45) is 2.33. The van der Waals surface area contributed by atoms with Crippen LogP contribution in [0.3, 0.4) is 0 Å². The number of furan rings is 1. The molecule has 4 rings (SSSR count). The number of carbonyl (C=O) groups excluding carboxylic acids is 2. The fourth-order valence-corrected chi connectivity index (χ4v) is 3.95. The Kier molecular flexibility index (Phi) is 6.06. The van der Waals surface area contributed by atoms with E-state index in [0.29, 0.717) is 34.4 Å². The van der Waals surface area contributed by atoms with E-state index < -0.39 is 17.7 Å². The maximum atomic E-state index is 13.1. The van der Waals surface area contributed by atoms with Crippen molar-refractivity contribution in [2.75, 3.05) is 11.5 Å². The van der Waals surface area contributed by atoms with Crippen LogP contribution in [-0.4, -0.2) is 23.4 Å². The molecule has 6 nitrogen and oxygen atoms in total. The van der Waals surface area contributed by atoms with Gasteiger partial charge in [0.15, 0.2) is 0 Å². The van der Waals surface area contributed by atoms with Gasteiger partial charge in [-0.3, -0.25) is 14.5 Å². The molecule has 1 amide bonds. The Bertz CT molecular complexity index is 1200. The Hall–Kier alpha value is -3.51. The molecule has 0 bridgehead atoms. The highest BCUT2D eigenvalue weighted by Gasteiger charge is 2.48. The maximum absolute atomic E-state index is 13.1. The number of halogens is 1. The highest BCUT2D eigenvalue weighted by molar-refractivity contribution is 6.51. The zero-order valence-corrected chi connectivity index (χ0v) is 18.4. The van der Waals surface area contributed by atoms with Crippen molar-refractivity contribution in [3.8, 4) is 5.75 Å². The van der Waals surface area contributed by atoms with E-state index >= 15 is 0 Å². The standard InChI is InChI=1S/C25H22ClNO5/c1-3-11-31-19-10-9-16(13-15(19)2)23(28)21-22(20-8-5-12-32-20)27(25(30)24(21)29)18-7-4-6-17(26)14-18/h4-10,12-14,22,28H,3,11H2,1-2H3/b23-21-. The number of aliphatic hydroxyl groups excluding tert-OH is 1. The third-order valence-electron chi connectivity index (χ3n) is 5.25. The summed E-state index contributed by atoms with van der Waals surface area (Å²) in [5.41, 5.74) is 1.60. The van der Waals surface area contributed by atoms with Crippen molar-refractivity contribution in [3.63, 3.8) is 0 Å². The van der Waals surface area contributed by atoms with Gasteiger partial charge in [-0.25, -0.2) is 0 Å². The number of hydrogen-bond donors (Lipinski definition) is 1. The number of benzene rings is 2. The lowest BCUT2D eigenvalue weighted by atomic mass is 9.98. The molecule has 1 aliphatic rings. The largest absolute Gasteiger partial charge is 0.507 e. The minimum absolute atomic E-state index is 0.0495. The normalized spacial score (nSPS) is 17.7. The Morgan fingerprint density at radius 2 is 1.97 bits per heavy atom. The average molecular weight is 452 g/mol. The van der Waals surface area contributed by atoms with Gasteiger partial charge in [0.2, 0.25) is 0 Å². The van der Waals surface area contributed by atoms with Crippen molar-refractivity contribution >= 4 is 34.7 Å². The predicted octanol–water partition coefficient (Wildman–Crippen LogP) is 5.66. The molecule has 7 heteroatoms. The average Bonchev–Trinajstić information content (AvgIpc) is 3.39. The van der Waals surface area contributed by atoms with Gasteiger partial charge in [0.25, 0.3) is 11.7 Å². The number of aryl methyl sites for hydroxylation is 1. The van der Waals surface area contributed by atoms with Crippen LogP contribution >= 0.6 is 11.6 Å². The first-order chi connectivity index (χ1) is 15.4. The first-order valence-electron chi connectivity index (χ1n) is 10.3. The summed E-state index contributed by atoms with van der Waals surface area (Å²) < 4.78 is 11.3. The van der Waals surface area contributed by atoms with E-state index in [1.54, 1.807) is 54.6 Å². The van der Waals surface area contributed by atoms with Crippen molar-refractivity contribution in [1.82, 2.24) is 0 Å². The molecular weight excluding hydrogens is 430 g/mol. The van der Waals surface area contributed by atoms with Crippen LogP contribution in [-0.2, 0) is 9.59 Å². The number of rotatable bonds is 6. The Morgan fingerprint density at radius 1 is 1.16 bits per heavy atom. The SMILES string of the molecule is CCCOc1ccc(/C(O)=C2/C(=O)C(=O)N(c3cccc(Cl)c3)C2c2ccco2)cc1C. The first kappa shape index (κ1) is 21.7. The summed E-state index contributed by atoms with van der Waals surface area (Å²) in [6.45, 7) is 4.45. The van der Waals surface area contributed by atoms with Gasteiger partial charge in [0.05, 0.1) is 18.4 Å². The van der Waals surface area contributed by atoms with E-state index in [1.165, 1.54) is 11.2 Å². The van der Waals surface area contributed by atoms with Crippen molar-refractivity contribution in [2.45, 2.75) is 26.3 Å². The highest BCUT2D eigenvalue weighted by atomic mass is 35.5. The van der Waals surface area contributed by atoms with Crippen LogP contribution in [0, 0.1) is 6.92 Å². The van der Waals surface area contributed by atoms with Gasteiger partial charge < -0.3 is 14.3 Å². The van der Waals surface area contributed by atoms with Gasteiger partial charge in [0, 0.05) is 16.3 Å². The van der Waals surface area contributed by atoms with Crippen LogP contribution in [0.5, 0.6) is 5.75 Å². The number of anilines is 1. The number of ether oxygens (including phenoxy) is 1. The third kappa shape index (κ3) is 3.89. The minimum Gasteiger partial charge on any atom is -0.507 e. The first-order valence-corrected chi connectivity index (χ1v) is 10.6. The molecule has 1 N–H and O–H groups in total. The molecule has 3 aromatic rings. The van der Waals surface area contributed by atoms with Crippen LogP contribution in [0.25, 0.3) is 5.76 Å². The van der Waals surface area contributed by atoms with E-state index in [2.05, 4.69) is 0 Å². The molecular formula is C25H22ClNO5. The van der Waals surface area contributed by atoms with E-state index in [-0.39, 0.29) is 11.3 Å². The number of nitrogens with zero attached hydrogens (tertiary/aromatic N) is 1. The zero-order chi connectivity index (χ0) is 22.8. The van der Waals surface area contributed by atoms with Gasteiger partial charge in [-0.1, -0.05) is 24.6 Å². The molecule has 32 heavy (non-hydrogen) atoms. The monoisotopic (exact) mass is 451 g/mol. The van der Waals surface area contributed by atoms with Gasteiger partial charge in [-0.05, 0) is 67.4 Å². The molecule has 1 atom stereocenters. The number of amides is 1. The van der Waals surface area contributed by atoms with E-state index in [9.17, 15) is 14.7 Å². The van der Waals surface area contributed by atoms with Crippen molar-refractivity contribution < 1.29 is 23.8 Å². The highest BCUT2D eigenvalue weighted by Crippen LogP contribution is 2.43. The smallest absolute Gasteiger partial charge is 0.300 e. The summed E-state index contributed by atoms with van der Waals surface area (Å²) in [6, 6.07) is 14.2. The van der Waals surface area contributed by atoms with Crippen LogP contribution in [0.4, 0.5) is 5.69 Å². The predicted molar refractivity (Wildman–Crippen MR) is 122 cm³/mol. The molecule has 1 unspecified atom stereocenters. The van der Waals surface area contributed by atoms with Crippen LogP contribution < -0.4 is 9.64 Å². The lowest BCUT2D eigenvalue weighted by Gasteiger charge is -2.23. The zero-order valence-electron chi connectivity index (χ0n) is 17.7. The molecule has 1 saturated heterocycles. The van der Waals surface area contributed by atoms with Gasteiger partial charge in [-0.2, -0.15) is 0 Å². The molecule has 1 fully saturated rings. The van der Waals surface area contributed by atoms with Crippen LogP contribution in [0.2, 0.25) is 5.02 Å². The summed E-state index contributed by atoms with van der Waals surface area (Å²) in [5.74, 6) is -0.794. The molecule has 2 heterocycles. The van der Waals surface area contributed by atoms with Crippen LogP contribution in [0.1, 0.15) is 36.3 Å². The third-order valence-corrected chi connectivity index (χ3v) is 5.49. The second-order valence-electron chi connectivity index (χ2n) is 7.49. The number of carbonyl (C=O) groups is 2. The second kappa shape index (κ2) is 8.93.